The second-order valence-corrected chi connectivity index (χ2v) is 36.9. The SMILES string of the molecule is Cc1ncsc1-c1ccc([C@H](C)NC(=O)[C@@H]2C[C@@H](O)CN2C(=O)C(NC(=O)[C@H]2CC[C@H](C(=O)N3CCN(CC4(C)CCC(c5ccc(Cl)cc5)=C(CN5CCN(c6ccc(C(=O)NSc7ccc(N[C@H](CCN8CCOCC8)CSc8ccccc8)c(S(=O)(=O)C(F)(F)F)c7)cc6)CC5)C4)CC3)CC2)C(C)(C)C)cc1. The van der Waals surface area contributed by atoms with Gasteiger partial charge in [-0.3, -0.25) is 43.4 Å². The summed E-state index contributed by atoms with van der Waals surface area (Å²) in [5, 5.41) is 20.9. The molecule has 5 aromatic carbocycles. The quantitative estimate of drug-likeness (QED) is 0.0251. The van der Waals surface area contributed by atoms with E-state index >= 15 is 0 Å². The molecule has 0 spiro atoms. The molecule has 5 fully saturated rings. The van der Waals surface area contributed by atoms with E-state index in [2.05, 4.69) is 64.3 Å². The van der Waals surface area contributed by atoms with Crippen molar-refractivity contribution >= 4 is 103 Å². The number of amides is 5. The van der Waals surface area contributed by atoms with Crippen LogP contribution in [-0.2, 0) is 33.8 Å². The fourth-order valence-corrected chi connectivity index (χ4v) is 19.7. The van der Waals surface area contributed by atoms with Crippen LogP contribution in [0.3, 0.4) is 0 Å². The van der Waals surface area contributed by atoms with E-state index < -0.39 is 61.7 Å². The number of aliphatic hydroxyl groups is 1. The summed E-state index contributed by atoms with van der Waals surface area (Å²) >= 11 is 10.3. The van der Waals surface area contributed by atoms with Crippen LogP contribution in [0.2, 0.25) is 5.02 Å². The number of nitrogens with one attached hydrogen (secondary N) is 4. The van der Waals surface area contributed by atoms with Gasteiger partial charge >= 0.3 is 5.51 Å². The van der Waals surface area contributed by atoms with E-state index in [0.29, 0.717) is 81.3 Å². The molecule has 6 aromatic rings. The summed E-state index contributed by atoms with van der Waals surface area (Å²) in [6.45, 7) is 22.7. The molecule has 5 amide bonds. The molecular weight excluding hydrogens is 1500 g/mol. The number of piperazine rings is 2. The van der Waals surface area contributed by atoms with E-state index in [1.54, 1.807) is 23.5 Å². The molecule has 28 heteroatoms. The number of carbonyl (C=O) groups is 5. The van der Waals surface area contributed by atoms with Crippen LogP contribution in [0.5, 0.6) is 0 Å². The second kappa shape index (κ2) is 36.4. The molecule has 5 heterocycles. The number of β-amino-alcohol motifs (C(OH)–C–C–N with tert-alkyl or cyclic N) is 1. The maximum absolute atomic E-state index is 14.6. The molecule has 4 aliphatic heterocycles. The van der Waals surface area contributed by atoms with Gasteiger partial charge in [-0.1, -0.05) is 99.5 Å². The maximum Gasteiger partial charge on any atom is 0.501 e. The van der Waals surface area contributed by atoms with Gasteiger partial charge in [-0.2, -0.15) is 13.2 Å². The van der Waals surface area contributed by atoms with Crippen molar-refractivity contribution in [2.75, 3.05) is 121 Å². The summed E-state index contributed by atoms with van der Waals surface area (Å²) in [5.41, 5.74) is 3.45. The Morgan fingerprint density at radius 2 is 1.44 bits per heavy atom. The topological polar surface area (TPSA) is 229 Å². The molecule has 4 saturated heterocycles. The predicted octanol–water partition coefficient (Wildman–Crippen LogP) is 12.9. The monoisotopic (exact) mass is 1610 g/mol. The number of sulfone groups is 1. The molecule has 20 nitrogen and oxygen atoms in total. The third-order valence-corrected chi connectivity index (χ3v) is 27.3. The number of likely N-dealkylation sites (tertiary alicyclic amines) is 1. The lowest BCUT2D eigenvalue weighted by Gasteiger charge is -2.44. The van der Waals surface area contributed by atoms with E-state index in [1.165, 1.54) is 45.5 Å². The third kappa shape index (κ3) is 20.8. The van der Waals surface area contributed by atoms with Crippen LogP contribution in [0.15, 0.2) is 147 Å². The van der Waals surface area contributed by atoms with Gasteiger partial charge in [-0.05, 0) is 177 Å². The Labute approximate surface area is 662 Å². The largest absolute Gasteiger partial charge is 0.501 e. The number of nitrogens with zero attached hydrogens (tertiary/aromatic N) is 7. The van der Waals surface area contributed by atoms with E-state index in [1.807, 2.05) is 124 Å². The Morgan fingerprint density at radius 3 is 2.09 bits per heavy atom. The first-order valence-electron chi connectivity index (χ1n) is 38.4. The minimum absolute atomic E-state index is 0.0169. The highest BCUT2D eigenvalue weighted by Crippen LogP contribution is 2.45. The van der Waals surface area contributed by atoms with Gasteiger partial charge in [0.1, 0.15) is 17.0 Å². The van der Waals surface area contributed by atoms with E-state index in [9.17, 15) is 50.7 Å². The third-order valence-electron chi connectivity index (χ3n) is 22.6. The van der Waals surface area contributed by atoms with Gasteiger partial charge in [-0.15, -0.1) is 23.1 Å². The van der Waals surface area contributed by atoms with E-state index in [0.717, 1.165) is 135 Å². The Balaban J connectivity index is 0.600. The fraction of sp³-hybridized carbons (Fsp3) is 0.512. The van der Waals surface area contributed by atoms with Crippen LogP contribution in [0.25, 0.3) is 16.0 Å². The zero-order valence-electron chi connectivity index (χ0n) is 63.5. The average Bonchev–Trinajstić information content (AvgIpc) is 0.879. The van der Waals surface area contributed by atoms with Crippen molar-refractivity contribution in [3.63, 3.8) is 0 Å². The number of allylic oxidation sites excluding steroid dienone is 1. The van der Waals surface area contributed by atoms with Crippen LogP contribution in [0, 0.1) is 29.6 Å². The highest BCUT2D eigenvalue weighted by molar-refractivity contribution is 7.99. The number of hydrogen-bond acceptors (Lipinski definition) is 18. The van der Waals surface area contributed by atoms with Crippen molar-refractivity contribution in [2.45, 2.75) is 150 Å². The average molecular weight is 1610 g/mol. The number of alkyl halides is 3. The number of halogens is 4. The number of aliphatic hydroxyl groups excluding tert-OH is 1. The fourth-order valence-electron chi connectivity index (χ4n) is 16.2. The van der Waals surface area contributed by atoms with Crippen LogP contribution in [0.4, 0.5) is 24.5 Å². The van der Waals surface area contributed by atoms with Gasteiger partial charge in [0.25, 0.3) is 15.7 Å². The smallest absolute Gasteiger partial charge is 0.391 e. The van der Waals surface area contributed by atoms with Gasteiger partial charge in [0.15, 0.2) is 0 Å². The number of carbonyl (C=O) groups excluding carboxylic acids is 5. The number of aromatic nitrogens is 1. The molecule has 110 heavy (non-hydrogen) atoms. The molecule has 1 aromatic heterocycles. The van der Waals surface area contributed by atoms with Crippen molar-refractivity contribution in [3.05, 3.63) is 160 Å². The molecule has 6 aliphatic rings. The predicted molar refractivity (Wildman–Crippen MR) is 430 cm³/mol. The minimum atomic E-state index is -5.81. The summed E-state index contributed by atoms with van der Waals surface area (Å²) in [5.74, 6) is -1.50. The number of thioether (sulfide) groups is 1. The number of morpholine rings is 1. The van der Waals surface area contributed by atoms with Crippen LogP contribution in [0.1, 0.15) is 126 Å². The summed E-state index contributed by atoms with van der Waals surface area (Å²) in [4.78, 5) is 89.2. The Kier molecular flexibility index (Phi) is 27.3. The maximum atomic E-state index is 14.6. The lowest BCUT2D eigenvalue weighted by Crippen LogP contribution is -2.58. The van der Waals surface area contributed by atoms with Gasteiger partial charge in [0, 0.05) is 148 Å². The molecule has 6 atom stereocenters. The second-order valence-electron chi connectivity index (χ2n) is 31.7. The molecule has 5 N–H and O–H groups in total. The lowest BCUT2D eigenvalue weighted by atomic mass is 9.71. The number of ether oxygens (including phenoxy) is 1. The van der Waals surface area contributed by atoms with Crippen molar-refractivity contribution in [1.82, 2.24) is 44.8 Å². The number of anilines is 2. The normalized spacial score (nSPS) is 22.3. The van der Waals surface area contributed by atoms with Crippen LogP contribution in [-0.4, -0.2) is 213 Å². The standard InChI is InChI=1S/C82H103ClF3N11O9S4/c1-54(56-12-14-58(15-13-56)73-55(2)87-53-108-73)88-77(101)71-46-66(98)50-97(71)79(103)74(80(3,4)5)90-75(99)59-16-18-61(19-17-59)78(102)96-40-36-94(37-41-96)52-81(6)32-30-69(57-20-24-63(83)25-21-57)62(48-81)49-93-34-38-95(39-35-93)65-26-22-60(23-27-65)76(100)91-109-68-28-29-70(72(47-68)110(104,105)82(84,85)86)89-64(31-33-92-42-44-106-45-43-92)51-107-67-10-8-7-9-11-67/h7-15,20-29,47,53-54,59,61,64,66,71,74,89,98H,16-19,30-46,48-52H2,1-6H3,(H,88,101)(H,90,99)(H,91,100)/t54-,59-,61-,64+,66+,71-,74?,81?/m0/s1. The molecule has 0 radical (unpaired) electrons. The number of thiazole rings is 1. The summed E-state index contributed by atoms with van der Waals surface area (Å²) in [6.07, 6.45) is 4.72. The Morgan fingerprint density at radius 1 is 0.773 bits per heavy atom. The molecule has 1 saturated carbocycles. The Bertz CT molecular complexity index is 4320. The zero-order chi connectivity index (χ0) is 78.1. The van der Waals surface area contributed by atoms with Crippen molar-refractivity contribution in [3.8, 4) is 10.4 Å². The lowest BCUT2D eigenvalue weighted by molar-refractivity contribution is -0.145. The summed E-state index contributed by atoms with van der Waals surface area (Å²) in [6, 6.07) is 34.1. The molecule has 12 rings (SSSR count). The first-order valence-corrected chi connectivity index (χ1v) is 42.9. The van der Waals surface area contributed by atoms with Crippen molar-refractivity contribution < 1.29 is 55.4 Å². The molecule has 2 unspecified atom stereocenters. The minimum Gasteiger partial charge on any atom is -0.391 e. The van der Waals surface area contributed by atoms with Crippen LogP contribution < -0.4 is 25.6 Å². The highest BCUT2D eigenvalue weighted by Gasteiger charge is 2.49. The highest BCUT2D eigenvalue weighted by atomic mass is 35.5. The van der Waals surface area contributed by atoms with Crippen molar-refractivity contribution in [2.24, 2.45) is 22.7 Å². The summed E-state index contributed by atoms with van der Waals surface area (Å²) < 4.78 is 77.8. The van der Waals surface area contributed by atoms with Gasteiger partial charge in [0.2, 0.25) is 23.6 Å². The Hall–Kier alpha value is -7.05. The van der Waals surface area contributed by atoms with Gasteiger partial charge in [-0.25, -0.2) is 13.4 Å². The van der Waals surface area contributed by atoms with E-state index in [-0.39, 0.29) is 64.6 Å². The summed E-state index contributed by atoms with van der Waals surface area (Å²) in [7, 11) is -5.81. The van der Waals surface area contributed by atoms with Crippen LogP contribution >= 0.6 is 46.6 Å². The molecule has 0 bridgehead atoms. The number of rotatable bonds is 26. The van der Waals surface area contributed by atoms with Crippen molar-refractivity contribution in [1.29, 1.82) is 0 Å². The molecule has 2 aliphatic carbocycles. The van der Waals surface area contributed by atoms with Gasteiger partial charge in [0.05, 0.1) is 47.1 Å². The number of aryl methyl sites for hydroxylation is 1. The molecular formula is C82H103ClF3N11O9S4. The number of benzene rings is 5. The first kappa shape index (κ1) is 82.4. The zero-order valence-corrected chi connectivity index (χ0v) is 67.6. The first-order chi connectivity index (χ1) is 52.5. The van der Waals surface area contributed by atoms with E-state index in [4.69, 9.17) is 16.3 Å². The van der Waals surface area contributed by atoms with Gasteiger partial charge < -0.3 is 40.5 Å². The molecule has 592 valence electrons. The number of hydrogen-bond donors (Lipinski definition) is 5.